The molecule has 3 unspecified atom stereocenters. The first-order valence-corrected chi connectivity index (χ1v) is 6.34. The number of carbonyl (C=O) groups is 1. The highest BCUT2D eigenvalue weighted by atomic mass is 35.5. The first-order valence-electron chi connectivity index (χ1n) is 6.34. The Morgan fingerprint density at radius 2 is 2.00 bits per heavy atom. The quantitative estimate of drug-likeness (QED) is 0.773. The fraction of sp³-hybridized carbons (Fsp3) is 0.917. The Morgan fingerprint density at radius 1 is 1.37 bits per heavy atom. The average molecular weight is 295 g/mol. The van der Waals surface area contributed by atoms with E-state index >= 15 is 0 Å². The Balaban J connectivity index is 0.00000180. The van der Waals surface area contributed by atoms with Crippen molar-refractivity contribution in [3.05, 3.63) is 0 Å². The van der Waals surface area contributed by atoms with Gasteiger partial charge >= 0.3 is 6.09 Å². The van der Waals surface area contributed by atoms with E-state index in [2.05, 4.69) is 0 Å². The maximum atomic E-state index is 11.9. The molecule has 0 spiro atoms. The van der Waals surface area contributed by atoms with Gasteiger partial charge in [0.05, 0.1) is 25.8 Å². The van der Waals surface area contributed by atoms with E-state index in [-0.39, 0.29) is 36.8 Å². The van der Waals surface area contributed by atoms with Crippen molar-refractivity contribution in [3.63, 3.8) is 0 Å². The number of halogens is 1. The number of ether oxygens (including phenoxy) is 3. The van der Waals surface area contributed by atoms with Crippen LogP contribution in [0.5, 0.6) is 0 Å². The van der Waals surface area contributed by atoms with Crippen LogP contribution in [0, 0.1) is 0 Å². The minimum atomic E-state index is -0.480. The van der Waals surface area contributed by atoms with E-state index in [0.29, 0.717) is 26.2 Å². The highest BCUT2D eigenvalue weighted by Gasteiger charge is 2.42. The van der Waals surface area contributed by atoms with E-state index in [9.17, 15) is 4.79 Å². The molecule has 19 heavy (non-hydrogen) atoms. The van der Waals surface area contributed by atoms with Crippen LogP contribution in [0.4, 0.5) is 4.79 Å². The monoisotopic (exact) mass is 294 g/mol. The smallest absolute Gasteiger partial charge is 0.410 e. The Labute approximate surface area is 119 Å². The van der Waals surface area contributed by atoms with Crippen LogP contribution < -0.4 is 5.73 Å². The van der Waals surface area contributed by atoms with Gasteiger partial charge in [-0.05, 0) is 20.8 Å². The molecule has 2 aliphatic heterocycles. The van der Waals surface area contributed by atoms with Crippen molar-refractivity contribution in [2.24, 2.45) is 5.73 Å². The molecule has 6 nitrogen and oxygen atoms in total. The van der Waals surface area contributed by atoms with Crippen molar-refractivity contribution in [2.75, 3.05) is 26.2 Å². The van der Waals surface area contributed by atoms with Crippen LogP contribution in [-0.2, 0) is 14.2 Å². The molecule has 0 bridgehead atoms. The van der Waals surface area contributed by atoms with Crippen molar-refractivity contribution in [1.82, 2.24) is 4.90 Å². The van der Waals surface area contributed by atoms with E-state index in [0.717, 1.165) is 0 Å². The van der Waals surface area contributed by atoms with Crippen LogP contribution >= 0.6 is 12.4 Å². The Kier molecular flexibility index (Phi) is 5.43. The van der Waals surface area contributed by atoms with Gasteiger partial charge in [-0.15, -0.1) is 12.4 Å². The third-order valence-corrected chi connectivity index (χ3v) is 2.99. The summed E-state index contributed by atoms with van der Waals surface area (Å²) in [4.78, 5) is 13.6. The lowest BCUT2D eigenvalue weighted by Crippen LogP contribution is -2.45. The van der Waals surface area contributed by atoms with E-state index in [1.807, 2.05) is 20.8 Å². The molecule has 0 aromatic carbocycles. The number of hydrogen-bond acceptors (Lipinski definition) is 5. The standard InChI is InChI=1S/C12H22N2O4.ClH/c1-12(2,3)18-11(15)14-5-9-10(6-14)17-8(4-13)7-16-9;/h8-10H,4-7,13H2,1-3H3;1H. The lowest BCUT2D eigenvalue weighted by atomic mass is 10.2. The predicted molar refractivity (Wildman–Crippen MR) is 72.5 cm³/mol. The number of hydrogen-bond donors (Lipinski definition) is 1. The van der Waals surface area contributed by atoms with Gasteiger partial charge in [-0.1, -0.05) is 0 Å². The second kappa shape index (κ2) is 6.26. The lowest BCUT2D eigenvalue weighted by molar-refractivity contribution is -0.156. The molecule has 0 aromatic heterocycles. The fourth-order valence-electron chi connectivity index (χ4n) is 2.15. The van der Waals surface area contributed by atoms with E-state index < -0.39 is 5.60 Å². The number of likely N-dealkylation sites (tertiary alicyclic amines) is 1. The minimum absolute atomic E-state index is 0. The zero-order chi connectivity index (χ0) is 13.3. The fourth-order valence-corrected chi connectivity index (χ4v) is 2.15. The van der Waals surface area contributed by atoms with Crippen LogP contribution in [0.1, 0.15) is 20.8 Å². The highest BCUT2D eigenvalue weighted by molar-refractivity contribution is 5.85. The first kappa shape index (κ1) is 16.5. The minimum Gasteiger partial charge on any atom is -0.444 e. The molecular weight excluding hydrogens is 272 g/mol. The summed E-state index contributed by atoms with van der Waals surface area (Å²) in [5.41, 5.74) is 5.07. The van der Waals surface area contributed by atoms with Gasteiger partial charge in [0, 0.05) is 6.54 Å². The van der Waals surface area contributed by atoms with Gasteiger partial charge in [0.1, 0.15) is 17.8 Å². The molecular formula is C12H23ClN2O4. The second-order valence-electron chi connectivity index (χ2n) is 5.79. The Bertz CT molecular complexity index is 321. The van der Waals surface area contributed by atoms with Gasteiger partial charge < -0.3 is 24.8 Å². The van der Waals surface area contributed by atoms with Crippen LogP contribution in [0.3, 0.4) is 0 Å². The van der Waals surface area contributed by atoms with Crippen molar-refractivity contribution < 1.29 is 19.0 Å². The molecule has 1 amide bonds. The third-order valence-electron chi connectivity index (χ3n) is 2.99. The molecule has 0 saturated carbocycles. The molecule has 112 valence electrons. The molecule has 0 aromatic rings. The molecule has 0 aliphatic carbocycles. The summed E-state index contributed by atoms with van der Waals surface area (Å²) >= 11 is 0. The molecule has 2 heterocycles. The molecule has 2 N–H and O–H groups in total. The predicted octanol–water partition coefficient (Wildman–Crippen LogP) is 0.770. The molecule has 3 atom stereocenters. The largest absolute Gasteiger partial charge is 0.444 e. The first-order chi connectivity index (χ1) is 8.39. The van der Waals surface area contributed by atoms with Gasteiger partial charge in [-0.2, -0.15) is 0 Å². The Hall–Kier alpha value is -0.560. The molecule has 2 rings (SSSR count). The third kappa shape index (κ3) is 4.21. The van der Waals surface area contributed by atoms with Crippen molar-refractivity contribution in [2.45, 2.75) is 44.7 Å². The number of carbonyl (C=O) groups excluding carboxylic acids is 1. The summed E-state index contributed by atoms with van der Waals surface area (Å²) in [5.74, 6) is 0. The number of amides is 1. The van der Waals surface area contributed by atoms with Gasteiger partial charge in [-0.25, -0.2) is 4.79 Å². The molecule has 0 radical (unpaired) electrons. The van der Waals surface area contributed by atoms with Crippen LogP contribution in [-0.4, -0.2) is 61.1 Å². The number of nitrogens with zero attached hydrogens (tertiary/aromatic N) is 1. The summed E-state index contributed by atoms with van der Waals surface area (Å²) in [6.07, 6.45) is -0.515. The van der Waals surface area contributed by atoms with Crippen molar-refractivity contribution in [1.29, 1.82) is 0 Å². The summed E-state index contributed by atoms with van der Waals surface area (Å²) in [6, 6.07) is 0. The van der Waals surface area contributed by atoms with E-state index in [4.69, 9.17) is 19.9 Å². The van der Waals surface area contributed by atoms with Crippen molar-refractivity contribution >= 4 is 18.5 Å². The maximum Gasteiger partial charge on any atom is 0.410 e. The molecule has 2 aliphatic rings. The summed E-state index contributed by atoms with van der Waals surface area (Å²) in [5, 5.41) is 0. The summed E-state index contributed by atoms with van der Waals surface area (Å²) < 4.78 is 16.8. The molecule has 2 fully saturated rings. The van der Waals surface area contributed by atoms with Crippen LogP contribution in [0.25, 0.3) is 0 Å². The van der Waals surface area contributed by atoms with E-state index in [1.54, 1.807) is 4.90 Å². The normalized spacial score (nSPS) is 30.5. The molecule has 7 heteroatoms. The van der Waals surface area contributed by atoms with Gasteiger partial charge in [-0.3, -0.25) is 0 Å². The maximum absolute atomic E-state index is 11.9. The second-order valence-corrected chi connectivity index (χ2v) is 5.79. The van der Waals surface area contributed by atoms with Crippen LogP contribution in [0.2, 0.25) is 0 Å². The average Bonchev–Trinajstić information content (AvgIpc) is 2.69. The number of nitrogens with two attached hydrogens (primary N) is 1. The summed E-state index contributed by atoms with van der Waals surface area (Å²) in [6.45, 7) is 7.53. The number of rotatable bonds is 1. The zero-order valence-electron chi connectivity index (χ0n) is 11.6. The number of fused-ring (bicyclic) bond motifs is 1. The van der Waals surface area contributed by atoms with Gasteiger partial charge in [0.15, 0.2) is 0 Å². The lowest BCUT2D eigenvalue weighted by Gasteiger charge is -2.30. The molecule has 2 saturated heterocycles. The SMILES string of the molecule is CC(C)(C)OC(=O)N1CC2OCC(CN)OC2C1.Cl. The van der Waals surface area contributed by atoms with Gasteiger partial charge in [0.25, 0.3) is 0 Å². The van der Waals surface area contributed by atoms with Gasteiger partial charge in [0.2, 0.25) is 0 Å². The Morgan fingerprint density at radius 3 is 2.58 bits per heavy atom. The van der Waals surface area contributed by atoms with Crippen molar-refractivity contribution in [3.8, 4) is 0 Å². The topological polar surface area (TPSA) is 74.0 Å². The van der Waals surface area contributed by atoms with Crippen LogP contribution in [0.15, 0.2) is 0 Å². The van der Waals surface area contributed by atoms with E-state index in [1.165, 1.54) is 0 Å². The highest BCUT2D eigenvalue weighted by Crippen LogP contribution is 2.24. The summed E-state index contributed by atoms with van der Waals surface area (Å²) in [7, 11) is 0. The zero-order valence-corrected chi connectivity index (χ0v) is 12.4.